The highest BCUT2D eigenvalue weighted by atomic mass is 16.5. The van der Waals surface area contributed by atoms with Gasteiger partial charge < -0.3 is 5.11 Å². The van der Waals surface area contributed by atoms with Crippen LogP contribution in [0.25, 0.3) is 0 Å². The lowest BCUT2D eigenvalue weighted by Gasteiger charge is -2.24. The lowest BCUT2D eigenvalue weighted by molar-refractivity contribution is 0.213. The second-order valence-electron chi connectivity index (χ2n) is 3.55. The number of hydrogen-bond donors (Lipinski definition) is 4. The molecular formula is C8H18N2O2. The predicted molar refractivity (Wildman–Crippen MR) is 47.4 cm³/mol. The molecule has 0 aromatic rings. The van der Waals surface area contributed by atoms with E-state index in [1.54, 1.807) is 0 Å². The Morgan fingerprint density at radius 2 is 2.00 bits per heavy atom. The summed E-state index contributed by atoms with van der Waals surface area (Å²) in [6, 6.07) is 0. The van der Waals surface area contributed by atoms with Crippen LogP contribution in [0.1, 0.15) is 33.1 Å². The van der Waals surface area contributed by atoms with E-state index in [9.17, 15) is 0 Å². The van der Waals surface area contributed by atoms with Gasteiger partial charge in [-0.3, -0.25) is 16.1 Å². The van der Waals surface area contributed by atoms with Gasteiger partial charge in [0.15, 0.2) is 0 Å². The van der Waals surface area contributed by atoms with Crippen molar-refractivity contribution in [2.45, 2.75) is 33.1 Å². The fourth-order valence-corrected chi connectivity index (χ4v) is 0.955. The van der Waals surface area contributed by atoms with E-state index in [-0.39, 0.29) is 17.9 Å². The maximum Gasteiger partial charge on any atom is 0.123 e. The summed E-state index contributed by atoms with van der Waals surface area (Å²) in [5, 5.41) is 24.4. The molecule has 0 radical (unpaired) electrons. The minimum Gasteiger partial charge on any atom is -0.396 e. The molecule has 0 aromatic heterocycles. The summed E-state index contributed by atoms with van der Waals surface area (Å²) in [7, 11) is 0. The number of aliphatic hydroxyl groups is 1. The topological polar surface area (TPSA) is 76.3 Å². The molecule has 0 saturated heterocycles. The van der Waals surface area contributed by atoms with Gasteiger partial charge in [0, 0.05) is 12.0 Å². The normalized spacial score (nSPS) is 11.3. The number of hydroxylamine groups is 1. The third-order valence-corrected chi connectivity index (χ3v) is 2.00. The summed E-state index contributed by atoms with van der Waals surface area (Å²) >= 11 is 0. The highest BCUT2D eigenvalue weighted by molar-refractivity contribution is 5.83. The zero-order valence-corrected chi connectivity index (χ0v) is 7.72. The molecule has 0 rings (SSSR count). The first-order valence-electron chi connectivity index (χ1n) is 4.14. The van der Waals surface area contributed by atoms with Crippen LogP contribution >= 0.6 is 0 Å². The van der Waals surface area contributed by atoms with Gasteiger partial charge in [-0.05, 0) is 12.8 Å². The van der Waals surface area contributed by atoms with Crippen molar-refractivity contribution in [2.75, 3.05) is 6.61 Å². The van der Waals surface area contributed by atoms with Crippen molar-refractivity contribution in [3.8, 4) is 0 Å². The Morgan fingerprint density at radius 3 is 2.42 bits per heavy atom. The molecule has 0 bridgehead atoms. The van der Waals surface area contributed by atoms with E-state index in [0.29, 0.717) is 0 Å². The Labute approximate surface area is 73.1 Å². The van der Waals surface area contributed by atoms with Crippen LogP contribution in [0.5, 0.6) is 0 Å². The van der Waals surface area contributed by atoms with Crippen molar-refractivity contribution in [1.29, 1.82) is 5.41 Å². The first kappa shape index (κ1) is 11.4. The summed E-state index contributed by atoms with van der Waals surface area (Å²) in [6.07, 6.45) is 2.41. The fourth-order valence-electron chi connectivity index (χ4n) is 0.955. The van der Waals surface area contributed by atoms with Crippen molar-refractivity contribution >= 4 is 5.84 Å². The van der Waals surface area contributed by atoms with Crippen LogP contribution in [0.15, 0.2) is 0 Å². The average Bonchev–Trinajstić information content (AvgIpc) is 2.03. The first-order valence-corrected chi connectivity index (χ1v) is 4.14. The minimum atomic E-state index is -0.329. The monoisotopic (exact) mass is 174 g/mol. The van der Waals surface area contributed by atoms with E-state index in [1.165, 1.54) is 0 Å². The summed E-state index contributed by atoms with van der Waals surface area (Å²) in [5.74, 6) is 0.125. The van der Waals surface area contributed by atoms with Crippen molar-refractivity contribution in [3.05, 3.63) is 0 Å². The van der Waals surface area contributed by atoms with Gasteiger partial charge in [-0.25, -0.2) is 0 Å². The van der Waals surface area contributed by atoms with Gasteiger partial charge in [0.2, 0.25) is 0 Å². The molecule has 0 aliphatic carbocycles. The molecule has 0 amide bonds. The average molecular weight is 174 g/mol. The molecule has 0 aliphatic heterocycles. The van der Waals surface area contributed by atoms with Crippen LogP contribution in [0.4, 0.5) is 0 Å². The van der Waals surface area contributed by atoms with E-state index < -0.39 is 0 Å². The van der Waals surface area contributed by atoms with E-state index in [0.717, 1.165) is 19.3 Å². The van der Waals surface area contributed by atoms with Crippen LogP contribution in [0, 0.1) is 10.8 Å². The molecule has 4 nitrogen and oxygen atoms in total. The second kappa shape index (κ2) is 5.11. The maximum absolute atomic E-state index is 8.54. The third-order valence-electron chi connectivity index (χ3n) is 2.00. The van der Waals surface area contributed by atoms with Crippen molar-refractivity contribution < 1.29 is 10.3 Å². The molecular weight excluding hydrogens is 156 g/mol. The van der Waals surface area contributed by atoms with Gasteiger partial charge >= 0.3 is 0 Å². The van der Waals surface area contributed by atoms with Crippen LogP contribution < -0.4 is 5.48 Å². The molecule has 0 aromatic carbocycles. The van der Waals surface area contributed by atoms with Gasteiger partial charge in [0.25, 0.3) is 0 Å². The summed E-state index contributed by atoms with van der Waals surface area (Å²) in [4.78, 5) is 0. The zero-order chi connectivity index (χ0) is 9.61. The molecule has 12 heavy (non-hydrogen) atoms. The predicted octanol–water partition coefficient (Wildman–Crippen LogP) is 1.13. The Hall–Kier alpha value is -0.610. The molecule has 0 spiro atoms. The highest BCUT2D eigenvalue weighted by Gasteiger charge is 2.22. The lowest BCUT2D eigenvalue weighted by Crippen LogP contribution is -2.34. The number of aliphatic hydroxyl groups excluding tert-OH is 1. The molecule has 0 heterocycles. The van der Waals surface area contributed by atoms with Crippen molar-refractivity contribution in [3.63, 3.8) is 0 Å². The maximum atomic E-state index is 8.54. The van der Waals surface area contributed by atoms with Gasteiger partial charge in [0.1, 0.15) is 5.84 Å². The molecule has 0 atom stereocenters. The number of rotatable bonds is 5. The Morgan fingerprint density at radius 1 is 1.42 bits per heavy atom. The number of nitrogens with one attached hydrogen (secondary N) is 2. The molecule has 0 aliphatic rings. The molecule has 0 unspecified atom stereocenters. The van der Waals surface area contributed by atoms with Crippen LogP contribution in [-0.4, -0.2) is 22.8 Å². The highest BCUT2D eigenvalue weighted by Crippen LogP contribution is 2.23. The fraction of sp³-hybridized carbons (Fsp3) is 0.875. The Bertz CT molecular complexity index is 146. The van der Waals surface area contributed by atoms with E-state index in [2.05, 4.69) is 0 Å². The second-order valence-corrected chi connectivity index (χ2v) is 3.55. The number of amidine groups is 1. The van der Waals surface area contributed by atoms with E-state index in [4.69, 9.17) is 15.7 Å². The number of hydrogen-bond acceptors (Lipinski definition) is 3. The quantitative estimate of drug-likeness (QED) is 0.218. The van der Waals surface area contributed by atoms with E-state index in [1.807, 2.05) is 19.3 Å². The van der Waals surface area contributed by atoms with Crippen LogP contribution in [0.3, 0.4) is 0 Å². The van der Waals surface area contributed by atoms with Gasteiger partial charge in [-0.2, -0.15) is 0 Å². The zero-order valence-electron chi connectivity index (χ0n) is 7.72. The van der Waals surface area contributed by atoms with Gasteiger partial charge in [-0.15, -0.1) is 0 Å². The molecule has 0 fully saturated rings. The van der Waals surface area contributed by atoms with Gasteiger partial charge in [0.05, 0.1) is 0 Å². The van der Waals surface area contributed by atoms with Crippen molar-refractivity contribution in [1.82, 2.24) is 5.48 Å². The van der Waals surface area contributed by atoms with Crippen LogP contribution in [-0.2, 0) is 0 Å². The standard InChI is InChI=1S/C8H18N2O2/c1-8(2,7(9)10-12)5-3-4-6-11/h11-12H,3-6H2,1-2H3,(H2,9,10). The summed E-state index contributed by atoms with van der Waals surface area (Å²) in [5.41, 5.74) is 1.52. The summed E-state index contributed by atoms with van der Waals surface area (Å²) in [6.45, 7) is 3.96. The SMILES string of the molecule is CC(C)(CCCCO)C(=N)NO. The van der Waals surface area contributed by atoms with Crippen molar-refractivity contribution in [2.24, 2.45) is 5.41 Å². The molecule has 4 N–H and O–H groups in total. The Balaban J connectivity index is 3.78. The summed E-state index contributed by atoms with van der Waals surface area (Å²) < 4.78 is 0. The van der Waals surface area contributed by atoms with Gasteiger partial charge in [-0.1, -0.05) is 20.3 Å². The lowest BCUT2D eigenvalue weighted by atomic mass is 9.86. The molecule has 4 heteroatoms. The molecule has 72 valence electrons. The minimum absolute atomic E-state index is 0.125. The molecule has 0 saturated carbocycles. The van der Waals surface area contributed by atoms with Crippen LogP contribution in [0.2, 0.25) is 0 Å². The number of unbranched alkanes of at least 4 members (excludes halogenated alkanes) is 1. The van der Waals surface area contributed by atoms with E-state index >= 15 is 0 Å². The Kier molecular flexibility index (Phi) is 4.85. The first-order chi connectivity index (χ1) is 5.54. The smallest absolute Gasteiger partial charge is 0.123 e. The largest absolute Gasteiger partial charge is 0.396 e. The third kappa shape index (κ3) is 3.69.